The molecule has 9 nitrogen and oxygen atoms in total. The molecule has 0 spiro atoms. The van der Waals surface area contributed by atoms with Crippen LogP contribution in [-0.4, -0.2) is 52.4 Å². The lowest BCUT2D eigenvalue weighted by atomic mass is 10.1. The molecule has 2 aliphatic rings. The van der Waals surface area contributed by atoms with Gasteiger partial charge in [0.1, 0.15) is 0 Å². The molecule has 0 saturated heterocycles. The summed E-state index contributed by atoms with van der Waals surface area (Å²) < 4.78 is 0. The van der Waals surface area contributed by atoms with Crippen LogP contribution in [0.1, 0.15) is 55.3 Å². The number of carbonyl (C=O) groups excluding carboxylic acids is 4. The van der Waals surface area contributed by atoms with E-state index < -0.39 is 0 Å². The highest BCUT2D eigenvalue weighted by Gasteiger charge is 2.36. The minimum Gasteiger partial charge on any atom is -0.412 e. The summed E-state index contributed by atoms with van der Waals surface area (Å²) in [7, 11) is 0. The fourth-order valence-electron chi connectivity index (χ4n) is 2.83. The van der Waals surface area contributed by atoms with Crippen LogP contribution < -0.4 is 0 Å². The van der Waals surface area contributed by atoms with Crippen molar-refractivity contribution >= 4 is 23.6 Å². The van der Waals surface area contributed by atoms with E-state index in [9.17, 15) is 19.2 Å². The Bertz CT molecular complexity index is 810. The molecule has 2 N–H and O–H groups in total. The van der Waals surface area contributed by atoms with Gasteiger partial charge in [-0.15, -0.1) is 10.1 Å². The molecule has 0 unspecified atom stereocenters. The van der Waals surface area contributed by atoms with Gasteiger partial charge in [-0.05, 0) is 38.1 Å². The average molecular weight is 400 g/mol. The summed E-state index contributed by atoms with van der Waals surface area (Å²) in [6.45, 7) is 4.05. The molecule has 0 aliphatic carbocycles. The fraction of sp³-hybridized carbons (Fsp3) is 0.200. The van der Waals surface area contributed by atoms with Crippen molar-refractivity contribution in [3.8, 4) is 0 Å². The smallest absolute Gasteiger partial charge is 0.285 e. The van der Waals surface area contributed by atoms with Gasteiger partial charge >= 0.3 is 0 Å². The summed E-state index contributed by atoms with van der Waals surface area (Å²) in [5.74, 6) is -1.53. The van der Waals surface area contributed by atoms with E-state index in [1.54, 1.807) is 62.4 Å². The molecule has 9 heteroatoms. The second-order valence-electron chi connectivity index (χ2n) is 5.74. The summed E-state index contributed by atoms with van der Waals surface area (Å²) in [4.78, 5) is 56.2. The molecule has 0 bridgehead atoms. The van der Waals surface area contributed by atoms with Crippen LogP contribution in [0.4, 0.5) is 0 Å². The summed E-state index contributed by atoms with van der Waals surface area (Å²) in [6, 6.07) is 13.4. The van der Waals surface area contributed by atoms with Crippen molar-refractivity contribution in [2.45, 2.75) is 13.8 Å². The third-order valence-electron chi connectivity index (χ3n) is 4.03. The van der Waals surface area contributed by atoms with E-state index in [0.717, 1.165) is 10.1 Å². The van der Waals surface area contributed by atoms with Crippen molar-refractivity contribution in [3.05, 3.63) is 70.8 Å². The van der Waals surface area contributed by atoms with E-state index in [1.165, 1.54) is 0 Å². The van der Waals surface area contributed by atoms with Crippen molar-refractivity contribution in [3.63, 3.8) is 0 Å². The van der Waals surface area contributed by atoms with E-state index in [0.29, 0.717) is 35.5 Å². The fourth-order valence-corrected chi connectivity index (χ4v) is 2.83. The van der Waals surface area contributed by atoms with E-state index >= 15 is 0 Å². The molecule has 0 atom stereocenters. The quantitative estimate of drug-likeness (QED) is 0.719. The molecular weight excluding hydrogens is 380 g/mol. The van der Waals surface area contributed by atoms with Crippen molar-refractivity contribution in [1.82, 2.24) is 10.1 Å². The minimum atomic E-state index is -0.382. The summed E-state index contributed by atoms with van der Waals surface area (Å²) in [5.41, 5.74) is 1.63. The lowest BCUT2D eigenvalue weighted by molar-refractivity contribution is -0.0865. The van der Waals surface area contributed by atoms with Gasteiger partial charge in [-0.1, -0.05) is 24.3 Å². The SMILES string of the molecule is CCON1C(=O)c2ccccc2C1=O.CCON1C(=O)c2ccccc2C1=O.O. The van der Waals surface area contributed by atoms with E-state index in [-0.39, 0.29) is 29.1 Å². The van der Waals surface area contributed by atoms with Crippen molar-refractivity contribution in [1.29, 1.82) is 0 Å². The molecule has 0 radical (unpaired) electrons. The van der Waals surface area contributed by atoms with Crippen LogP contribution in [-0.2, 0) is 9.68 Å². The van der Waals surface area contributed by atoms with Crippen molar-refractivity contribution < 1.29 is 34.3 Å². The number of hydrogen-bond donors (Lipinski definition) is 0. The standard InChI is InChI=1S/2C10H9NO3.H2O/c2*1-2-14-11-9(12)7-5-3-4-6-8(7)10(11)13;/h2*3-6H,2H2,1H3;1H2. The number of fused-ring (bicyclic) bond motifs is 2. The zero-order valence-electron chi connectivity index (χ0n) is 15.9. The Hall–Kier alpha value is -3.40. The Morgan fingerprint density at radius 2 is 0.828 bits per heavy atom. The monoisotopic (exact) mass is 400 g/mol. The molecule has 2 aliphatic heterocycles. The molecule has 0 saturated carbocycles. The maximum absolute atomic E-state index is 11.6. The zero-order valence-corrected chi connectivity index (χ0v) is 15.9. The van der Waals surface area contributed by atoms with E-state index in [4.69, 9.17) is 9.68 Å². The van der Waals surface area contributed by atoms with E-state index in [1.807, 2.05) is 0 Å². The first-order chi connectivity index (χ1) is 13.5. The summed E-state index contributed by atoms with van der Waals surface area (Å²) >= 11 is 0. The highest BCUT2D eigenvalue weighted by molar-refractivity contribution is 6.21. The number of amides is 4. The van der Waals surface area contributed by atoms with Gasteiger partial charge in [0.25, 0.3) is 23.6 Å². The molecule has 2 heterocycles. The lowest BCUT2D eigenvalue weighted by Gasteiger charge is -2.10. The second-order valence-corrected chi connectivity index (χ2v) is 5.74. The van der Waals surface area contributed by atoms with E-state index in [2.05, 4.69) is 0 Å². The maximum Gasteiger partial charge on any atom is 0.285 e. The van der Waals surface area contributed by atoms with Crippen LogP contribution >= 0.6 is 0 Å². The molecule has 29 heavy (non-hydrogen) atoms. The van der Waals surface area contributed by atoms with Gasteiger partial charge in [-0.25, -0.2) is 0 Å². The Labute approximate surface area is 166 Å². The van der Waals surface area contributed by atoms with Gasteiger partial charge in [0.2, 0.25) is 0 Å². The number of carbonyl (C=O) groups is 4. The molecule has 2 aromatic carbocycles. The number of hydroxylamine groups is 4. The number of hydrogen-bond acceptors (Lipinski definition) is 6. The first-order valence-corrected chi connectivity index (χ1v) is 8.72. The third kappa shape index (κ3) is 3.92. The molecule has 152 valence electrons. The molecule has 2 aromatic rings. The Kier molecular flexibility index (Phi) is 6.94. The lowest BCUT2D eigenvalue weighted by Crippen LogP contribution is -2.29. The van der Waals surface area contributed by atoms with Gasteiger partial charge in [0.05, 0.1) is 35.5 Å². The van der Waals surface area contributed by atoms with Gasteiger partial charge < -0.3 is 5.48 Å². The normalized spacial score (nSPS) is 14.3. The Balaban J connectivity index is 0.000000200. The van der Waals surface area contributed by atoms with Crippen LogP contribution in [0, 0.1) is 0 Å². The van der Waals surface area contributed by atoms with Gasteiger partial charge in [0, 0.05) is 0 Å². The predicted octanol–water partition coefficient (Wildman–Crippen LogP) is 1.64. The van der Waals surface area contributed by atoms with Gasteiger partial charge in [-0.2, -0.15) is 0 Å². The van der Waals surface area contributed by atoms with Crippen molar-refractivity contribution in [2.24, 2.45) is 0 Å². The molecular formula is C20H20N2O7. The predicted molar refractivity (Wildman–Crippen MR) is 101 cm³/mol. The topological polar surface area (TPSA) is 125 Å². The third-order valence-corrected chi connectivity index (χ3v) is 4.03. The maximum atomic E-state index is 11.6. The number of benzene rings is 2. The van der Waals surface area contributed by atoms with Crippen molar-refractivity contribution in [2.75, 3.05) is 13.2 Å². The minimum absolute atomic E-state index is 0. The van der Waals surface area contributed by atoms with Crippen LogP contribution in [0.2, 0.25) is 0 Å². The molecule has 0 aromatic heterocycles. The highest BCUT2D eigenvalue weighted by atomic mass is 16.7. The summed E-state index contributed by atoms with van der Waals surface area (Å²) in [5, 5.41) is 1.62. The zero-order chi connectivity index (χ0) is 20.3. The molecule has 0 fully saturated rings. The molecule has 4 rings (SSSR count). The van der Waals surface area contributed by atoms with Crippen LogP contribution in [0.15, 0.2) is 48.5 Å². The average Bonchev–Trinajstić information content (AvgIpc) is 3.11. The molecule has 4 amide bonds. The second kappa shape index (κ2) is 9.20. The van der Waals surface area contributed by atoms with Crippen LogP contribution in [0.3, 0.4) is 0 Å². The Morgan fingerprint density at radius 3 is 1.03 bits per heavy atom. The number of rotatable bonds is 4. The van der Waals surface area contributed by atoms with Gasteiger partial charge in [0.15, 0.2) is 0 Å². The van der Waals surface area contributed by atoms with Crippen LogP contribution in [0.25, 0.3) is 0 Å². The summed E-state index contributed by atoms with van der Waals surface area (Å²) in [6.07, 6.45) is 0. The van der Waals surface area contributed by atoms with Crippen LogP contribution in [0.5, 0.6) is 0 Å². The largest absolute Gasteiger partial charge is 0.412 e. The Morgan fingerprint density at radius 1 is 0.586 bits per heavy atom. The highest BCUT2D eigenvalue weighted by Crippen LogP contribution is 2.23. The van der Waals surface area contributed by atoms with Gasteiger partial charge in [-0.3, -0.25) is 28.9 Å². The first-order valence-electron chi connectivity index (χ1n) is 8.72. The number of imide groups is 2. The first kappa shape index (κ1) is 21.9. The number of nitrogens with zero attached hydrogens (tertiary/aromatic N) is 2.